The van der Waals surface area contributed by atoms with E-state index in [2.05, 4.69) is 4.72 Å². The molecule has 1 aromatic carbocycles. The summed E-state index contributed by atoms with van der Waals surface area (Å²) < 4.78 is 53.2. The third kappa shape index (κ3) is 3.51. The summed E-state index contributed by atoms with van der Waals surface area (Å²) in [5.41, 5.74) is -1.51. The summed E-state index contributed by atoms with van der Waals surface area (Å²) in [6.45, 7) is 4.85. The first-order valence-corrected chi connectivity index (χ1v) is 7.25. The summed E-state index contributed by atoms with van der Waals surface area (Å²) in [7, 11) is -4.37. The molecule has 20 heavy (non-hydrogen) atoms. The topological polar surface area (TPSA) is 83.5 Å². The highest BCUT2D eigenvalue weighted by molar-refractivity contribution is 7.89. The summed E-state index contributed by atoms with van der Waals surface area (Å²) in [4.78, 5) is 9.76. The van der Waals surface area contributed by atoms with Crippen LogP contribution in [-0.4, -0.2) is 25.0 Å². The van der Waals surface area contributed by atoms with E-state index in [0.717, 1.165) is 0 Å². The maximum absolute atomic E-state index is 13.6. The Bertz CT molecular complexity index is 641. The van der Waals surface area contributed by atoms with Crippen LogP contribution in [-0.2, 0) is 10.0 Å². The van der Waals surface area contributed by atoms with Gasteiger partial charge in [0.2, 0.25) is 10.0 Å². The second-order valence-corrected chi connectivity index (χ2v) is 6.57. The van der Waals surface area contributed by atoms with Gasteiger partial charge in [0.1, 0.15) is 4.90 Å². The first-order valence-electron chi connectivity index (χ1n) is 5.76. The monoisotopic (exact) mass is 307 g/mol. The highest BCUT2D eigenvalue weighted by Gasteiger charge is 2.29. The van der Waals surface area contributed by atoms with Gasteiger partial charge in [-0.15, -0.1) is 0 Å². The van der Waals surface area contributed by atoms with Crippen LogP contribution in [0.2, 0.25) is 0 Å². The molecule has 0 unspecified atom stereocenters. The Morgan fingerprint density at radius 3 is 2.35 bits per heavy atom. The molecule has 8 heteroatoms. The van der Waals surface area contributed by atoms with Crippen LogP contribution in [0.3, 0.4) is 0 Å². The molecule has 0 saturated heterocycles. The van der Waals surface area contributed by atoms with E-state index in [4.69, 9.17) is 5.11 Å². The fourth-order valence-corrected chi connectivity index (χ4v) is 2.97. The molecule has 2 N–H and O–H groups in total. The van der Waals surface area contributed by atoms with Gasteiger partial charge in [-0.2, -0.15) is 0 Å². The fraction of sp³-hybridized carbons (Fsp3) is 0.417. The summed E-state index contributed by atoms with van der Waals surface area (Å²) in [5, 5.41) is 8.76. The van der Waals surface area contributed by atoms with Gasteiger partial charge in [0.15, 0.2) is 11.6 Å². The van der Waals surface area contributed by atoms with Gasteiger partial charge in [0.05, 0.1) is 5.56 Å². The van der Waals surface area contributed by atoms with Gasteiger partial charge in [-0.05, 0) is 32.4 Å². The molecule has 0 amide bonds. The van der Waals surface area contributed by atoms with E-state index in [1.165, 1.54) is 0 Å². The molecule has 0 aliphatic heterocycles. The molecule has 0 spiro atoms. The van der Waals surface area contributed by atoms with Gasteiger partial charge < -0.3 is 5.11 Å². The molecule has 0 radical (unpaired) electrons. The smallest absolute Gasteiger partial charge is 0.335 e. The van der Waals surface area contributed by atoms with Gasteiger partial charge in [0.25, 0.3) is 0 Å². The molecule has 0 heterocycles. The lowest BCUT2D eigenvalue weighted by Crippen LogP contribution is -2.43. The van der Waals surface area contributed by atoms with Crippen LogP contribution >= 0.6 is 0 Å². The molecule has 0 atom stereocenters. The molecule has 1 aromatic rings. The summed E-state index contributed by atoms with van der Waals surface area (Å²) in [5.74, 6) is -4.68. The predicted molar refractivity (Wildman–Crippen MR) is 68.0 cm³/mol. The van der Waals surface area contributed by atoms with Gasteiger partial charge >= 0.3 is 5.97 Å². The third-order valence-corrected chi connectivity index (χ3v) is 4.52. The second-order valence-electron chi connectivity index (χ2n) is 4.92. The first kappa shape index (κ1) is 16.5. The van der Waals surface area contributed by atoms with Crippen molar-refractivity contribution in [2.24, 2.45) is 0 Å². The molecule has 5 nitrogen and oxygen atoms in total. The van der Waals surface area contributed by atoms with E-state index in [-0.39, 0.29) is 0 Å². The third-order valence-electron chi connectivity index (χ3n) is 2.83. The van der Waals surface area contributed by atoms with Crippen LogP contribution in [0.5, 0.6) is 0 Å². The van der Waals surface area contributed by atoms with Crippen molar-refractivity contribution in [3.8, 4) is 0 Å². The van der Waals surface area contributed by atoms with Crippen molar-refractivity contribution in [2.45, 2.75) is 37.6 Å². The van der Waals surface area contributed by atoms with Crippen LogP contribution < -0.4 is 4.72 Å². The van der Waals surface area contributed by atoms with E-state index in [1.807, 2.05) is 0 Å². The van der Waals surface area contributed by atoms with E-state index in [9.17, 15) is 22.0 Å². The van der Waals surface area contributed by atoms with Gasteiger partial charge in [-0.3, -0.25) is 0 Å². The Hall–Kier alpha value is -1.54. The van der Waals surface area contributed by atoms with Crippen LogP contribution in [0.15, 0.2) is 17.0 Å². The maximum Gasteiger partial charge on any atom is 0.335 e. The predicted octanol–water partition coefficient (Wildman–Crippen LogP) is 2.13. The van der Waals surface area contributed by atoms with Crippen molar-refractivity contribution in [1.82, 2.24) is 4.72 Å². The zero-order valence-corrected chi connectivity index (χ0v) is 12.0. The average molecular weight is 307 g/mol. The second kappa shape index (κ2) is 5.45. The zero-order chi connectivity index (χ0) is 15.7. The number of rotatable bonds is 5. The standard InChI is InChI=1S/C12H15F2NO4S/c1-4-12(2,3)15-20(18,19)9-6-7(11(16)17)5-8(13)10(9)14/h5-6,15H,4H2,1-3H3,(H,16,17). The van der Waals surface area contributed by atoms with Crippen LogP contribution in [0.1, 0.15) is 37.6 Å². The molecule has 1 rings (SSSR count). The Kier molecular flexibility index (Phi) is 4.50. The largest absolute Gasteiger partial charge is 0.478 e. The van der Waals surface area contributed by atoms with Gasteiger partial charge in [0, 0.05) is 5.54 Å². The summed E-state index contributed by atoms with van der Waals surface area (Å²) in [6, 6.07) is 1.02. The van der Waals surface area contributed by atoms with Gasteiger partial charge in [-0.1, -0.05) is 6.92 Å². The lowest BCUT2D eigenvalue weighted by molar-refractivity contribution is 0.0696. The van der Waals surface area contributed by atoms with E-state index >= 15 is 0 Å². The quantitative estimate of drug-likeness (QED) is 0.873. The number of carbonyl (C=O) groups is 1. The van der Waals surface area contributed by atoms with Crippen LogP contribution in [0.25, 0.3) is 0 Å². The highest BCUT2D eigenvalue weighted by atomic mass is 32.2. The zero-order valence-electron chi connectivity index (χ0n) is 11.2. The minimum Gasteiger partial charge on any atom is -0.478 e. The van der Waals surface area contributed by atoms with E-state index in [0.29, 0.717) is 18.6 Å². The molecule has 0 aromatic heterocycles. The Morgan fingerprint density at radius 2 is 1.90 bits per heavy atom. The average Bonchev–Trinajstić information content (AvgIpc) is 2.30. The van der Waals surface area contributed by atoms with Crippen molar-refractivity contribution < 1.29 is 27.1 Å². The minimum absolute atomic E-state index is 0.412. The molecular formula is C12H15F2NO4S. The summed E-state index contributed by atoms with van der Waals surface area (Å²) >= 11 is 0. The van der Waals surface area contributed by atoms with Crippen molar-refractivity contribution in [3.05, 3.63) is 29.3 Å². The maximum atomic E-state index is 13.6. The number of nitrogens with one attached hydrogen (secondary N) is 1. The molecule has 112 valence electrons. The number of benzene rings is 1. The molecular weight excluding hydrogens is 292 g/mol. The molecule has 0 aliphatic carbocycles. The molecule has 0 aliphatic rings. The Balaban J connectivity index is 3.42. The Morgan fingerprint density at radius 1 is 1.35 bits per heavy atom. The highest BCUT2D eigenvalue weighted by Crippen LogP contribution is 2.22. The lowest BCUT2D eigenvalue weighted by atomic mass is 10.0. The normalized spacial score (nSPS) is 12.4. The minimum atomic E-state index is -4.37. The van der Waals surface area contributed by atoms with Crippen LogP contribution in [0, 0.1) is 11.6 Å². The van der Waals surface area contributed by atoms with Crippen molar-refractivity contribution >= 4 is 16.0 Å². The van der Waals surface area contributed by atoms with E-state index in [1.54, 1.807) is 20.8 Å². The molecule has 0 fully saturated rings. The Labute approximate surface area is 115 Å². The van der Waals surface area contributed by atoms with Gasteiger partial charge in [-0.25, -0.2) is 26.7 Å². The van der Waals surface area contributed by atoms with Crippen molar-refractivity contribution in [1.29, 1.82) is 0 Å². The number of sulfonamides is 1. The number of hydrogen-bond acceptors (Lipinski definition) is 3. The number of carboxylic acids is 1. The van der Waals surface area contributed by atoms with Crippen molar-refractivity contribution in [2.75, 3.05) is 0 Å². The summed E-state index contributed by atoms with van der Waals surface area (Å²) in [6.07, 6.45) is 0.412. The molecule has 0 saturated carbocycles. The van der Waals surface area contributed by atoms with Crippen molar-refractivity contribution in [3.63, 3.8) is 0 Å². The van der Waals surface area contributed by atoms with Crippen LogP contribution in [0.4, 0.5) is 8.78 Å². The fourth-order valence-electron chi connectivity index (χ4n) is 1.37. The number of halogens is 2. The number of carboxylic acid groups (broad SMARTS) is 1. The molecule has 0 bridgehead atoms. The number of hydrogen-bond donors (Lipinski definition) is 2. The lowest BCUT2D eigenvalue weighted by Gasteiger charge is -2.24. The first-order chi connectivity index (χ1) is 9.00. The SMILES string of the molecule is CCC(C)(C)NS(=O)(=O)c1cc(C(=O)O)cc(F)c1F. The number of aromatic carboxylic acids is 1. The van der Waals surface area contributed by atoms with E-state index < -0.39 is 43.6 Å².